The summed E-state index contributed by atoms with van der Waals surface area (Å²) >= 11 is 5.97. The van der Waals surface area contributed by atoms with Crippen LogP contribution in [-0.2, 0) is 11.3 Å². The predicted molar refractivity (Wildman–Crippen MR) is 98.4 cm³/mol. The second-order valence-corrected chi connectivity index (χ2v) is 8.41. The van der Waals surface area contributed by atoms with Crippen LogP contribution >= 0.6 is 11.6 Å². The molecule has 1 N–H and O–H groups in total. The number of hydrogen-bond acceptors (Lipinski definition) is 3. The number of piperidine rings is 1. The van der Waals surface area contributed by atoms with Gasteiger partial charge in [0.1, 0.15) is 0 Å². The number of benzene rings is 1. The van der Waals surface area contributed by atoms with E-state index in [1.54, 1.807) is 0 Å². The van der Waals surface area contributed by atoms with E-state index in [1.165, 1.54) is 37.7 Å². The van der Waals surface area contributed by atoms with Crippen LogP contribution in [0.5, 0.6) is 0 Å². The van der Waals surface area contributed by atoms with E-state index in [2.05, 4.69) is 29.3 Å². The van der Waals surface area contributed by atoms with Crippen molar-refractivity contribution in [1.29, 1.82) is 0 Å². The van der Waals surface area contributed by atoms with Crippen LogP contribution in [0.25, 0.3) is 0 Å². The number of nitrogens with one attached hydrogen (secondary N) is 1. The van der Waals surface area contributed by atoms with Gasteiger partial charge in [0.05, 0.1) is 12.2 Å². The topological polar surface area (TPSA) is 24.5 Å². The van der Waals surface area contributed by atoms with E-state index in [-0.39, 0.29) is 5.60 Å². The SMILES string of the molecule is CC[C@@H]1C[C@H]1NC1COC2(CCN(Cc3ccc(Cl)cc3)CC2)C1. The first kappa shape index (κ1) is 16.8. The number of ether oxygens (including phenoxy) is 1. The Morgan fingerprint density at radius 3 is 2.67 bits per heavy atom. The van der Waals surface area contributed by atoms with Crippen molar-refractivity contribution in [3.05, 3.63) is 34.9 Å². The number of nitrogens with zero attached hydrogens (tertiary/aromatic N) is 1. The largest absolute Gasteiger partial charge is 0.373 e. The lowest BCUT2D eigenvalue weighted by Gasteiger charge is -2.38. The Labute approximate surface area is 150 Å². The predicted octanol–water partition coefficient (Wildman–Crippen LogP) is 3.85. The Balaban J connectivity index is 1.24. The van der Waals surface area contributed by atoms with Crippen molar-refractivity contribution in [1.82, 2.24) is 10.2 Å². The molecular formula is C20H29ClN2O. The maximum atomic E-state index is 6.30. The molecule has 24 heavy (non-hydrogen) atoms. The monoisotopic (exact) mass is 348 g/mol. The quantitative estimate of drug-likeness (QED) is 0.874. The number of halogens is 1. The highest BCUT2D eigenvalue weighted by atomic mass is 35.5. The Hall–Kier alpha value is -0.610. The fourth-order valence-electron chi connectivity index (χ4n) is 4.47. The molecule has 2 saturated heterocycles. The van der Waals surface area contributed by atoms with Gasteiger partial charge in [-0.15, -0.1) is 0 Å². The van der Waals surface area contributed by atoms with Gasteiger partial charge in [0.2, 0.25) is 0 Å². The molecule has 3 aliphatic rings. The van der Waals surface area contributed by atoms with Crippen LogP contribution in [0.2, 0.25) is 5.02 Å². The summed E-state index contributed by atoms with van der Waals surface area (Å²) in [5.74, 6) is 0.919. The van der Waals surface area contributed by atoms with Gasteiger partial charge in [0.15, 0.2) is 0 Å². The molecule has 0 radical (unpaired) electrons. The first-order chi connectivity index (χ1) is 11.7. The smallest absolute Gasteiger partial charge is 0.0723 e. The highest BCUT2D eigenvalue weighted by Crippen LogP contribution is 2.39. The number of hydrogen-bond donors (Lipinski definition) is 1. The minimum atomic E-state index is 0.144. The second kappa shape index (κ2) is 6.95. The molecule has 3 atom stereocenters. The highest BCUT2D eigenvalue weighted by molar-refractivity contribution is 6.30. The van der Waals surface area contributed by atoms with Crippen LogP contribution in [-0.4, -0.2) is 42.3 Å². The summed E-state index contributed by atoms with van der Waals surface area (Å²) in [6, 6.07) is 9.59. The van der Waals surface area contributed by atoms with Gasteiger partial charge in [-0.25, -0.2) is 0 Å². The minimum absolute atomic E-state index is 0.144. The highest BCUT2D eigenvalue weighted by Gasteiger charge is 2.45. The normalized spacial score (nSPS) is 32.3. The van der Waals surface area contributed by atoms with Gasteiger partial charge in [-0.2, -0.15) is 0 Å². The summed E-state index contributed by atoms with van der Waals surface area (Å²) in [5, 5.41) is 4.65. The van der Waals surface area contributed by atoms with E-state index in [4.69, 9.17) is 16.3 Å². The van der Waals surface area contributed by atoms with E-state index in [1.807, 2.05) is 12.1 Å². The van der Waals surface area contributed by atoms with Crippen molar-refractivity contribution in [2.45, 2.75) is 63.3 Å². The average molecular weight is 349 g/mol. The average Bonchev–Trinajstić information content (AvgIpc) is 3.24. The molecule has 0 aromatic heterocycles. The van der Waals surface area contributed by atoms with Gasteiger partial charge in [-0.05, 0) is 49.3 Å². The fraction of sp³-hybridized carbons (Fsp3) is 0.700. The third-order valence-corrected chi connectivity index (χ3v) is 6.44. The number of likely N-dealkylation sites (tertiary alicyclic amines) is 1. The van der Waals surface area contributed by atoms with E-state index >= 15 is 0 Å². The van der Waals surface area contributed by atoms with E-state index in [0.29, 0.717) is 6.04 Å². The molecule has 3 fully saturated rings. The third-order valence-electron chi connectivity index (χ3n) is 6.19. The molecule has 1 aliphatic carbocycles. The molecule has 0 bridgehead atoms. The van der Waals surface area contributed by atoms with Crippen LogP contribution in [0.3, 0.4) is 0 Å². The summed E-state index contributed by atoms with van der Waals surface area (Å²) in [5.41, 5.74) is 1.49. The van der Waals surface area contributed by atoms with Crippen LogP contribution in [0.15, 0.2) is 24.3 Å². The molecule has 132 valence electrons. The van der Waals surface area contributed by atoms with Gasteiger partial charge in [0, 0.05) is 36.7 Å². The van der Waals surface area contributed by atoms with Gasteiger partial charge in [-0.3, -0.25) is 4.90 Å². The zero-order chi connectivity index (χ0) is 16.6. The molecule has 4 heteroatoms. The van der Waals surface area contributed by atoms with Gasteiger partial charge in [-0.1, -0.05) is 37.1 Å². The Morgan fingerprint density at radius 2 is 2.00 bits per heavy atom. The molecule has 1 aromatic carbocycles. The first-order valence-corrected chi connectivity index (χ1v) is 9.90. The van der Waals surface area contributed by atoms with Gasteiger partial charge >= 0.3 is 0 Å². The van der Waals surface area contributed by atoms with Crippen LogP contribution in [0.4, 0.5) is 0 Å². The Bertz CT molecular complexity index is 553. The molecule has 1 aromatic rings. The van der Waals surface area contributed by atoms with Crippen molar-refractivity contribution in [2.75, 3.05) is 19.7 Å². The lowest BCUT2D eigenvalue weighted by molar-refractivity contribution is -0.0449. The lowest BCUT2D eigenvalue weighted by Crippen LogP contribution is -2.44. The molecule has 1 saturated carbocycles. The zero-order valence-electron chi connectivity index (χ0n) is 14.6. The molecule has 1 spiro atoms. The minimum Gasteiger partial charge on any atom is -0.373 e. The Morgan fingerprint density at radius 1 is 1.25 bits per heavy atom. The van der Waals surface area contributed by atoms with Crippen molar-refractivity contribution in [3.8, 4) is 0 Å². The molecule has 2 aliphatic heterocycles. The van der Waals surface area contributed by atoms with Crippen molar-refractivity contribution in [3.63, 3.8) is 0 Å². The zero-order valence-corrected chi connectivity index (χ0v) is 15.4. The summed E-state index contributed by atoms with van der Waals surface area (Å²) in [4.78, 5) is 2.55. The van der Waals surface area contributed by atoms with Crippen LogP contribution in [0.1, 0.15) is 44.6 Å². The maximum absolute atomic E-state index is 6.30. The van der Waals surface area contributed by atoms with Gasteiger partial charge < -0.3 is 10.1 Å². The molecule has 1 unspecified atom stereocenters. The summed E-state index contributed by atoms with van der Waals surface area (Å²) in [6.07, 6.45) is 6.22. The summed E-state index contributed by atoms with van der Waals surface area (Å²) in [6.45, 7) is 6.50. The first-order valence-electron chi connectivity index (χ1n) is 9.53. The van der Waals surface area contributed by atoms with Crippen LogP contribution in [0, 0.1) is 5.92 Å². The fourth-order valence-corrected chi connectivity index (χ4v) is 4.60. The molecule has 3 nitrogen and oxygen atoms in total. The van der Waals surface area contributed by atoms with E-state index in [9.17, 15) is 0 Å². The standard InChI is InChI=1S/C20H29ClN2O/c1-2-16-11-19(16)22-18-12-20(24-14-18)7-9-23(10-8-20)13-15-3-5-17(21)6-4-15/h3-6,16,18-19,22H,2,7-14H2,1H3/t16-,18?,19-/m1/s1. The Kier molecular flexibility index (Phi) is 4.88. The van der Waals surface area contributed by atoms with Crippen LogP contribution < -0.4 is 5.32 Å². The summed E-state index contributed by atoms with van der Waals surface area (Å²) < 4.78 is 6.30. The van der Waals surface area contributed by atoms with E-state index < -0.39 is 0 Å². The second-order valence-electron chi connectivity index (χ2n) is 7.97. The van der Waals surface area contributed by atoms with Crippen molar-refractivity contribution < 1.29 is 4.74 Å². The summed E-state index contributed by atoms with van der Waals surface area (Å²) in [7, 11) is 0. The third kappa shape index (κ3) is 3.80. The number of rotatable bonds is 5. The molecular weight excluding hydrogens is 320 g/mol. The molecule has 0 amide bonds. The maximum Gasteiger partial charge on any atom is 0.0723 e. The molecule has 4 rings (SSSR count). The molecule has 2 heterocycles. The lowest BCUT2D eigenvalue weighted by atomic mass is 9.87. The van der Waals surface area contributed by atoms with Gasteiger partial charge in [0.25, 0.3) is 0 Å². The van der Waals surface area contributed by atoms with Crippen molar-refractivity contribution in [2.24, 2.45) is 5.92 Å². The van der Waals surface area contributed by atoms with Crippen molar-refractivity contribution >= 4 is 11.6 Å². The van der Waals surface area contributed by atoms with E-state index in [0.717, 1.165) is 43.2 Å².